The molecule has 0 fully saturated rings. The van der Waals surface area contributed by atoms with Gasteiger partial charge in [0.15, 0.2) is 0 Å². The van der Waals surface area contributed by atoms with Gasteiger partial charge in [-0.3, -0.25) is 9.03 Å². The third-order valence-corrected chi connectivity index (χ3v) is 8.68. The Morgan fingerprint density at radius 2 is 1.62 bits per heavy atom. The van der Waals surface area contributed by atoms with Crippen LogP contribution in [0.3, 0.4) is 0 Å². The Bertz CT molecular complexity index is 1350. The molecule has 1 aliphatic heterocycles. The van der Waals surface area contributed by atoms with Crippen molar-refractivity contribution >= 4 is 31.4 Å². The summed E-state index contributed by atoms with van der Waals surface area (Å²) in [6.45, 7) is 5.01. The summed E-state index contributed by atoms with van der Waals surface area (Å²) in [5.41, 5.74) is 1.74. The number of benzene rings is 3. The molecule has 180 valence electrons. The largest absolute Gasteiger partial charge is 0.493 e. The highest BCUT2D eigenvalue weighted by Gasteiger charge is 2.29. The van der Waals surface area contributed by atoms with Gasteiger partial charge in [0, 0.05) is 12.2 Å². The number of nitrogens with one attached hydrogen (secondary N) is 1. The molecule has 0 spiro atoms. The van der Waals surface area contributed by atoms with E-state index in [1.165, 1.54) is 16.4 Å². The van der Waals surface area contributed by atoms with Gasteiger partial charge >= 0.3 is 0 Å². The maximum atomic E-state index is 13.2. The van der Waals surface area contributed by atoms with E-state index >= 15 is 0 Å². The molecule has 34 heavy (non-hydrogen) atoms. The Hall–Kier alpha value is -3.04. The van der Waals surface area contributed by atoms with Crippen molar-refractivity contribution in [3.8, 4) is 5.75 Å². The number of nitrogens with zero attached hydrogens (tertiary/aromatic N) is 1. The third kappa shape index (κ3) is 5.20. The van der Waals surface area contributed by atoms with Gasteiger partial charge in [-0.25, -0.2) is 16.8 Å². The van der Waals surface area contributed by atoms with Gasteiger partial charge in [0.05, 0.1) is 22.1 Å². The zero-order valence-electron chi connectivity index (χ0n) is 19.1. The van der Waals surface area contributed by atoms with Crippen molar-refractivity contribution in [2.24, 2.45) is 5.92 Å². The van der Waals surface area contributed by atoms with Gasteiger partial charge in [-0.15, -0.1) is 0 Å². The number of fused-ring (bicyclic) bond motifs is 1. The van der Waals surface area contributed by atoms with Crippen LogP contribution in [0.4, 0.5) is 11.4 Å². The molecule has 7 nitrogen and oxygen atoms in total. The van der Waals surface area contributed by atoms with Crippen LogP contribution in [0.5, 0.6) is 5.75 Å². The Balaban J connectivity index is 1.55. The van der Waals surface area contributed by atoms with Gasteiger partial charge in [-0.1, -0.05) is 32.0 Å². The summed E-state index contributed by atoms with van der Waals surface area (Å²) in [4.78, 5) is 0.351. The van der Waals surface area contributed by atoms with E-state index in [2.05, 4.69) is 4.72 Å². The summed E-state index contributed by atoms with van der Waals surface area (Å²) >= 11 is 0. The fraction of sp³-hybridized carbons (Fsp3) is 0.280. The molecule has 0 aromatic heterocycles. The average Bonchev–Trinajstić information content (AvgIpc) is 2.82. The second kappa shape index (κ2) is 9.68. The molecule has 0 saturated heterocycles. The van der Waals surface area contributed by atoms with Crippen LogP contribution >= 0.6 is 0 Å². The summed E-state index contributed by atoms with van der Waals surface area (Å²) in [6, 6.07) is 19.5. The van der Waals surface area contributed by atoms with Crippen molar-refractivity contribution in [2.75, 3.05) is 22.2 Å². The second-order valence-corrected chi connectivity index (χ2v) is 12.2. The van der Waals surface area contributed by atoms with E-state index in [4.69, 9.17) is 4.74 Å². The van der Waals surface area contributed by atoms with Gasteiger partial charge in [-0.2, -0.15) is 0 Å². The zero-order valence-corrected chi connectivity index (χ0v) is 20.8. The van der Waals surface area contributed by atoms with E-state index in [0.717, 1.165) is 5.56 Å². The van der Waals surface area contributed by atoms with Gasteiger partial charge in [0.1, 0.15) is 5.75 Å². The van der Waals surface area contributed by atoms with Crippen LogP contribution in [0.2, 0.25) is 0 Å². The lowest BCUT2D eigenvalue weighted by atomic mass is 10.0. The van der Waals surface area contributed by atoms with Crippen LogP contribution in [0.15, 0.2) is 82.6 Å². The smallest absolute Gasteiger partial charge is 0.264 e. The van der Waals surface area contributed by atoms with E-state index < -0.39 is 20.0 Å². The first kappa shape index (κ1) is 24.1. The van der Waals surface area contributed by atoms with Crippen LogP contribution < -0.4 is 13.8 Å². The highest BCUT2D eigenvalue weighted by Crippen LogP contribution is 2.34. The summed E-state index contributed by atoms with van der Waals surface area (Å²) in [6.07, 6.45) is 1.31. The molecular weight excluding hydrogens is 472 g/mol. The van der Waals surface area contributed by atoms with Crippen LogP contribution in [-0.4, -0.2) is 30.0 Å². The van der Waals surface area contributed by atoms with Crippen molar-refractivity contribution in [3.63, 3.8) is 0 Å². The summed E-state index contributed by atoms with van der Waals surface area (Å²) in [5.74, 6) is 0.980. The van der Waals surface area contributed by atoms with Crippen molar-refractivity contribution in [1.29, 1.82) is 0 Å². The molecule has 0 atom stereocenters. The third-order valence-electron chi connectivity index (χ3n) is 5.46. The number of ether oxygens (including phenoxy) is 1. The first-order valence-electron chi connectivity index (χ1n) is 11.1. The lowest BCUT2D eigenvalue weighted by Gasteiger charge is -2.31. The monoisotopic (exact) mass is 500 g/mol. The molecule has 3 aromatic carbocycles. The van der Waals surface area contributed by atoms with E-state index in [9.17, 15) is 16.8 Å². The van der Waals surface area contributed by atoms with Gasteiger partial charge in [0.25, 0.3) is 20.0 Å². The summed E-state index contributed by atoms with van der Waals surface area (Å²) < 4.78 is 61.7. The number of anilines is 2. The molecule has 0 bridgehead atoms. The van der Waals surface area contributed by atoms with Crippen LogP contribution in [0.25, 0.3) is 0 Å². The van der Waals surface area contributed by atoms with E-state index in [1.54, 1.807) is 60.7 Å². The molecule has 4 rings (SSSR count). The topological polar surface area (TPSA) is 92.8 Å². The minimum absolute atomic E-state index is 0.121. The molecule has 1 aliphatic rings. The number of rotatable bonds is 8. The lowest BCUT2D eigenvalue weighted by molar-refractivity contribution is 0.271. The first-order valence-corrected chi connectivity index (χ1v) is 14.1. The molecular formula is C25H28N2O5S2. The normalized spacial score (nSPS) is 14.0. The van der Waals surface area contributed by atoms with Gasteiger partial charge in [-0.05, 0) is 78.9 Å². The molecule has 0 radical (unpaired) electrons. The molecule has 0 aliphatic carbocycles. The predicted molar refractivity (Wildman–Crippen MR) is 133 cm³/mol. The van der Waals surface area contributed by atoms with Crippen molar-refractivity contribution in [1.82, 2.24) is 0 Å². The molecule has 3 aromatic rings. The van der Waals surface area contributed by atoms with Crippen LogP contribution in [-0.2, 0) is 26.5 Å². The van der Waals surface area contributed by atoms with Crippen LogP contribution in [0, 0.1) is 5.92 Å². The Kier molecular flexibility index (Phi) is 6.86. The summed E-state index contributed by atoms with van der Waals surface area (Å²) in [7, 11) is -7.51. The highest BCUT2D eigenvalue weighted by molar-refractivity contribution is 7.93. The Morgan fingerprint density at radius 3 is 2.29 bits per heavy atom. The maximum absolute atomic E-state index is 13.2. The first-order chi connectivity index (χ1) is 16.2. The average molecular weight is 501 g/mol. The number of sulfonamides is 2. The molecule has 0 amide bonds. The van der Waals surface area contributed by atoms with Crippen molar-refractivity contribution in [2.45, 2.75) is 36.5 Å². The molecule has 0 saturated carbocycles. The summed E-state index contributed by atoms with van der Waals surface area (Å²) in [5, 5.41) is 0. The maximum Gasteiger partial charge on any atom is 0.264 e. The SMILES string of the molecule is CC(C)COc1ccc(S(=O)(=O)Nc2ccc3c(c2)CCCN3S(=O)(=O)c2ccccc2)cc1. The van der Waals surface area contributed by atoms with Crippen molar-refractivity contribution in [3.05, 3.63) is 78.4 Å². The van der Waals surface area contributed by atoms with E-state index in [-0.39, 0.29) is 9.79 Å². The second-order valence-electron chi connectivity index (χ2n) is 8.62. The fourth-order valence-electron chi connectivity index (χ4n) is 3.79. The number of hydrogen-bond acceptors (Lipinski definition) is 5. The quantitative estimate of drug-likeness (QED) is 0.485. The highest BCUT2D eigenvalue weighted by atomic mass is 32.2. The number of aryl methyl sites for hydroxylation is 1. The molecule has 9 heteroatoms. The molecule has 0 unspecified atom stereocenters. The predicted octanol–water partition coefficient (Wildman–Crippen LogP) is 4.66. The molecule has 1 heterocycles. The fourth-order valence-corrected chi connectivity index (χ4v) is 6.40. The number of hydrogen-bond donors (Lipinski definition) is 1. The Labute approximate surface area is 201 Å². The van der Waals surface area contributed by atoms with E-state index in [1.807, 2.05) is 13.8 Å². The van der Waals surface area contributed by atoms with Gasteiger partial charge in [0.2, 0.25) is 0 Å². The van der Waals surface area contributed by atoms with Crippen LogP contribution in [0.1, 0.15) is 25.8 Å². The van der Waals surface area contributed by atoms with Gasteiger partial charge < -0.3 is 4.74 Å². The minimum atomic E-state index is -3.81. The minimum Gasteiger partial charge on any atom is -0.493 e. The zero-order chi connectivity index (χ0) is 24.3. The standard InChI is InChI=1S/C25H28N2O5S2/c1-19(2)18-32-22-11-13-23(14-12-22)33(28,29)26-21-10-15-25-20(17-21)7-6-16-27(25)34(30,31)24-8-4-3-5-9-24/h3-5,8-15,17,19,26H,6-7,16,18H2,1-2H3. The van der Waals surface area contributed by atoms with E-state index in [0.29, 0.717) is 49.0 Å². The van der Waals surface area contributed by atoms with Crippen molar-refractivity contribution < 1.29 is 21.6 Å². The Morgan fingerprint density at radius 1 is 0.912 bits per heavy atom. The molecule has 1 N–H and O–H groups in total. The lowest BCUT2D eigenvalue weighted by Crippen LogP contribution is -2.35.